The highest BCUT2D eigenvalue weighted by Gasteiger charge is 2.09. The Labute approximate surface area is 80.6 Å². The fourth-order valence-electron chi connectivity index (χ4n) is 1.41. The maximum absolute atomic E-state index is 10.9. The van der Waals surface area contributed by atoms with Crippen molar-refractivity contribution in [1.82, 2.24) is 14.6 Å². The number of aryl methyl sites for hydroxylation is 2. The van der Waals surface area contributed by atoms with Gasteiger partial charge < -0.3 is 5.73 Å². The van der Waals surface area contributed by atoms with E-state index in [9.17, 15) is 4.79 Å². The SMILES string of the molecule is Cc1cc(C)n2nc(C(N)=O)cc2n1. The molecule has 0 spiro atoms. The molecule has 72 valence electrons. The van der Waals surface area contributed by atoms with Crippen LogP contribution in [0.5, 0.6) is 0 Å². The number of carbonyl (C=O) groups excluding carboxylic acids is 1. The third-order valence-electron chi connectivity index (χ3n) is 1.99. The van der Waals surface area contributed by atoms with Crippen LogP contribution < -0.4 is 5.73 Å². The van der Waals surface area contributed by atoms with E-state index in [1.54, 1.807) is 10.6 Å². The van der Waals surface area contributed by atoms with Crippen molar-refractivity contribution < 1.29 is 4.79 Å². The van der Waals surface area contributed by atoms with Gasteiger partial charge >= 0.3 is 0 Å². The summed E-state index contributed by atoms with van der Waals surface area (Å²) in [4.78, 5) is 15.1. The number of nitrogens with two attached hydrogens (primary N) is 1. The number of amides is 1. The van der Waals surface area contributed by atoms with E-state index in [-0.39, 0.29) is 5.69 Å². The van der Waals surface area contributed by atoms with E-state index in [1.165, 1.54) is 0 Å². The molecule has 0 radical (unpaired) electrons. The lowest BCUT2D eigenvalue weighted by molar-refractivity contribution is 0.0995. The molecule has 2 aromatic rings. The molecule has 0 aliphatic carbocycles. The average Bonchev–Trinajstić information content (AvgIpc) is 2.47. The van der Waals surface area contributed by atoms with Crippen LogP contribution in [0.4, 0.5) is 0 Å². The van der Waals surface area contributed by atoms with Crippen LogP contribution in [0.1, 0.15) is 21.9 Å². The van der Waals surface area contributed by atoms with Crippen LogP contribution in [0.2, 0.25) is 0 Å². The van der Waals surface area contributed by atoms with Gasteiger partial charge in [-0.2, -0.15) is 5.10 Å². The predicted octanol–water partition coefficient (Wildman–Crippen LogP) is 0.445. The maximum atomic E-state index is 10.9. The second-order valence-corrected chi connectivity index (χ2v) is 3.20. The molecule has 0 bridgehead atoms. The molecule has 0 saturated carbocycles. The van der Waals surface area contributed by atoms with Gasteiger partial charge in [0.15, 0.2) is 11.3 Å². The number of nitrogens with zero attached hydrogens (tertiary/aromatic N) is 3. The van der Waals surface area contributed by atoms with Crippen molar-refractivity contribution in [3.05, 3.63) is 29.2 Å². The van der Waals surface area contributed by atoms with Gasteiger partial charge in [-0.1, -0.05) is 0 Å². The summed E-state index contributed by atoms with van der Waals surface area (Å²) < 4.78 is 1.60. The molecule has 1 amide bonds. The van der Waals surface area contributed by atoms with Gasteiger partial charge in [-0.3, -0.25) is 4.79 Å². The fraction of sp³-hybridized carbons (Fsp3) is 0.222. The van der Waals surface area contributed by atoms with Gasteiger partial charge in [0.1, 0.15) is 0 Å². The molecular weight excluding hydrogens is 180 g/mol. The normalized spacial score (nSPS) is 10.7. The molecule has 2 aromatic heterocycles. The van der Waals surface area contributed by atoms with Gasteiger partial charge in [-0.25, -0.2) is 9.50 Å². The second kappa shape index (κ2) is 2.80. The van der Waals surface area contributed by atoms with Crippen molar-refractivity contribution in [3.8, 4) is 0 Å². The molecule has 0 aliphatic heterocycles. The molecule has 0 saturated heterocycles. The van der Waals surface area contributed by atoms with Gasteiger partial charge in [-0.15, -0.1) is 0 Å². The van der Waals surface area contributed by atoms with Gasteiger partial charge in [0.2, 0.25) is 0 Å². The quantitative estimate of drug-likeness (QED) is 0.709. The zero-order valence-corrected chi connectivity index (χ0v) is 7.98. The molecule has 5 heteroatoms. The van der Waals surface area contributed by atoms with Gasteiger partial charge in [0.05, 0.1) is 0 Å². The smallest absolute Gasteiger partial charge is 0.269 e. The van der Waals surface area contributed by atoms with E-state index in [1.807, 2.05) is 19.9 Å². The largest absolute Gasteiger partial charge is 0.364 e. The summed E-state index contributed by atoms with van der Waals surface area (Å²) in [5.74, 6) is -0.535. The number of rotatable bonds is 1. The summed E-state index contributed by atoms with van der Waals surface area (Å²) in [5, 5.41) is 4.03. The first kappa shape index (κ1) is 8.68. The lowest BCUT2D eigenvalue weighted by Gasteiger charge is -1.98. The van der Waals surface area contributed by atoms with Gasteiger partial charge in [-0.05, 0) is 19.9 Å². The van der Waals surface area contributed by atoms with Crippen molar-refractivity contribution in [3.63, 3.8) is 0 Å². The Hall–Kier alpha value is -1.91. The van der Waals surface area contributed by atoms with E-state index < -0.39 is 5.91 Å². The molecule has 5 nitrogen and oxygen atoms in total. The van der Waals surface area contributed by atoms with E-state index in [0.29, 0.717) is 5.65 Å². The standard InChI is InChI=1S/C9H10N4O/c1-5-3-6(2)13-8(11-5)4-7(12-13)9(10)14/h3-4H,1-2H3,(H2,10,14). The highest BCUT2D eigenvalue weighted by atomic mass is 16.1. The lowest BCUT2D eigenvalue weighted by atomic mass is 10.3. The minimum Gasteiger partial charge on any atom is -0.364 e. The Morgan fingerprint density at radius 2 is 2.14 bits per heavy atom. The minimum absolute atomic E-state index is 0.242. The molecule has 2 heterocycles. The summed E-state index contributed by atoms with van der Waals surface area (Å²) in [6.07, 6.45) is 0. The first-order chi connectivity index (χ1) is 6.58. The Kier molecular flexibility index (Phi) is 1.73. The average molecular weight is 190 g/mol. The zero-order chi connectivity index (χ0) is 10.3. The van der Waals surface area contributed by atoms with Crippen LogP contribution in [-0.2, 0) is 0 Å². The Morgan fingerprint density at radius 1 is 1.43 bits per heavy atom. The minimum atomic E-state index is -0.535. The first-order valence-electron chi connectivity index (χ1n) is 4.22. The first-order valence-corrected chi connectivity index (χ1v) is 4.22. The highest BCUT2D eigenvalue weighted by molar-refractivity contribution is 5.91. The number of hydrogen-bond donors (Lipinski definition) is 1. The molecule has 0 fully saturated rings. The van der Waals surface area contributed by atoms with E-state index in [4.69, 9.17) is 5.73 Å². The molecule has 2 rings (SSSR count). The van der Waals surface area contributed by atoms with Crippen molar-refractivity contribution in [2.75, 3.05) is 0 Å². The summed E-state index contributed by atoms with van der Waals surface area (Å²) >= 11 is 0. The number of carbonyl (C=O) groups is 1. The van der Waals surface area contributed by atoms with Crippen LogP contribution in [-0.4, -0.2) is 20.5 Å². The van der Waals surface area contributed by atoms with E-state index in [2.05, 4.69) is 10.1 Å². The van der Waals surface area contributed by atoms with Crippen LogP contribution in [0.25, 0.3) is 5.65 Å². The summed E-state index contributed by atoms with van der Waals surface area (Å²) in [6.45, 7) is 3.80. The van der Waals surface area contributed by atoms with Crippen LogP contribution >= 0.6 is 0 Å². The molecule has 0 aromatic carbocycles. The number of fused-ring (bicyclic) bond motifs is 1. The second-order valence-electron chi connectivity index (χ2n) is 3.20. The molecule has 2 N–H and O–H groups in total. The Bertz CT molecular complexity index is 515. The Morgan fingerprint density at radius 3 is 2.79 bits per heavy atom. The van der Waals surface area contributed by atoms with Crippen LogP contribution in [0, 0.1) is 13.8 Å². The van der Waals surface area contributed by atoms with Gasteiger partial charge in [0.25, 0.3) is 5.91 Å². The molecule has 0 atom stereocenters. The topological polar surface area (TPSA) is 73.3 Å². The van der Waals surface area contributed by atoms with Crippen molar-refractivity contribution in [2.24, 2.45) is 5.73 Å². The van der Waals surface area contributed by atoms with Crippen LogP contribution in [0.15, 0.2) is 12.1 Å². The van der Waals surface area contributed by atoms with Crippen molar-refractivity contribution >= 4 is 11.6 Å². The highest BCUT2D eigenvalue weighted by Crippen LogP contribution is 2.08. The molecule has 14 heavy (non-hydrogen) atoms. The third kappa shape index (κ3) is 1.22. The number of hydrogen-bond acceptors (Lipinski definition) is 3. The summed E-state index contributed by atoms with van der Waals surface area (Å²) in [6, 6.07) is 3.48. The summed E-state index contributed by atoms with van der Waals surface area (Å²) in [7, 11) is 0. The van der Waals surface area contributed by atoms with E-state index >= 15 is 0 Å². The zero-order valence-electron chi connectivity index (χ0n) is 7.98. The maximum Gasteiger partial charge on any atom is 0.269 e. The molecule has 0 unspecified atom stereocenters. The van der Waals surface area contributed by atoms with Crippen LogP contribution in [0.3, 0.4) is 0 Å². The molecular formula is C9H10N4O. The van der Waals surface area contributed by atoms with Crippen molar-refractivity contribution in [1.29, 1.82) is 0 Å². The Balaban J connectivity index is 2.76. The third-order valence-corrected chi connectivity index (χ3v) is 1.99. The molecule has 0 aliphatic rings. The number of primary amides is 1. The summed E-state index contributed by atoms with van der Waals surface area (Å²) in [5.41, 5.74) is 7.84. The lowest BCUT2D eigenvalue weighted by Crippen LogP contribution is -2.11. The fourth-order valence-corrected chi connectivity index (χ4v) is 1.41. The monoisotopic (exact) mass is 190 g/mol. The number of aromatic nitrogens is 3. The predicted molar refractivity (Wildman–Crippen MR) is 51.0 cm³/mol. The van der Waals surface area contributed by atoms with Gasteiger partial charge in [0, 0.05) is 17.5 Å². The van der Waals surface area contributed by atoms with Crippen molar-refractivity contribution in [2.45, 2.75) is 13.8 Å². The van der Waals surface area contributed by atoms with E-state index in [0.717, 1.165) is 11.4 Å².